The summed E-state index contributed by atoms with van der Waals surface area (Å²) in [5, 5.41) is 13.8. The molecule has 3 aliphatic heterocycles. The second-order valence-electron chi connectivity index (χ2n) is 7.12. The van der Waals surface area contributed by atoms with Gasteiger partial charge in [-0.2, -0.15) is 0 Å². The molecule has 5 rings (SSSR count). The second kappa shape index (κ2) is 8.06. The Morgan fingerprint density at radius 3 is 2.04 bits per heavy atom. The molecular weight excluding hydrogens is 366 g/mol. The molecule has 0 aliphatic carbocycles. The number of fused-ring (bicyclic) bond motifs is 3. The Labute approximate surface area is 164 Å². The van der Waals surface area contributed by atoms with Crippen LogP contribution in [0.5, 0.6) is 0 Å². The van der Waals surface area contributed by atoms with Gasteiger partial charge in [0.2, 0.25) is 5.91 Å². The first-order chi connectivity index (χ1) is 12.6. The number of halogens is 1. The zero-order valence-corrected chi connectivity index (χ0v) is 15.7. The summed E-state index contributed by atoms with van der Waals surface area (Å²) in [6, 6.07) is 14.1. The van der Waals surface area contributed by atoms with E-state index in [1.54, 1.807) is 12.1 Å². The van der Waals surface area contributed by atoms with Crippen LogP contribution in [-0.2, 0) is 4.79 Å². The van der Waals surface area contributed by atoms with E-state index in [0.29, 0.717) is 5.92 Å². The standard InChI is InChI=1S/C20H21N3O3.ClH/c24-20(19-13-22-11-9-16(19)10-12-22)21-17-5-1-14(2-6-17)15-3-7-18(8-4-15)23(25)26;/h1-8,16,19H,9-13H2,(H,21,24);1H/t19-;/m0./s1. The highest BCUT2D eigenvalue weighted by Gasteiger charge is 2.38. The van der Waals surface area contributed by atoms with Crippen LogP contribution in [0.25, 0.3) is 11.1 Å². The number of rotatable bonds is 4. The van der Waals surface area contributed by atoms with Crippen LogP contribution in [-0.4, -0.2) is 35.4 Å². The van der Waals surface area contributed by atoms with Crippen LogP contribution in [0, 0.1) is 22.0 Å². The minimum absolute atomic E-state index is 0. The van der Waals surface area contributed by atoms with Crippen molar-refractivity contribution in [1.82, 2.24) is 4.90 Å². The van der Waals surface area contributed by atoms with Gasteiger partial charge in [-0.15, -0.1) is 12.4 Å². The predicted octanol–water partition coefficient (Wildman–Crippen LogP) is 3.96. The summed E-state index contributed by atoms with van der Waals surface area (Å²) in [6.07, 6.45) is 2.24. The lowest BCUT2D eigenvalue weighted by atomic mass is 9.78. The molecule has 0 saturated carbocycles. The van der Waals surface area contributed by atoms with E-state index in [1.165, 1.54) is 12.1 Å². The summed E-state index contributed by atoms with van der Waals surface area (Å²) in [6.45, 7) is 3.12. The van der Waals surface area contributed by atoms with E-state index in [0.717, 1.165) is 49.3 Å². The number of non-ortho nitro benzene ring substituents is 1. The number of nitrogens with zero attached hydrogens (tertiary/aromatic N) is 2. The third-order valence-corrected chi connectivity index (χ3v) is 5.56. The number of amides is 1. The molecule has 0 spiro atoms. The normalized spacial score (nSPS) is 23.3. The topological polar surface area (TPSA) is 75.5 Å². The molecule has 7 heteroatoms. The van der Waals surface area contributed by atoms with Crippen molar-refractivity contribution >= 4 is 29.7 Å². The smallest absolute Gasteiger partial charge is 0.269 e. The Bertz CT molecular complexity index is 815. The molecule has 2 aromatic rings. The molecule has 0 unspecified atom stereocenters. The van der Waals surface area contributed by atoms with Gasteiger partial charge in [-0.3, -0.25) is 14.9 Å². The largest absolute Gasteiger partial charge is 0.326 e. The molecule has 2 bridgehead atoms. The number of nitro groups is 1. The summed E-state index contributed by atoms with van der Waals surface area (Å²) in [5.74, 6) is 0.716. The number of anilines is 1. The van der Waals surface area contributed by atoms with Crippen molar-refractivity contribution in [1.29, 1.82) is 0 Å². The van der Waals surface area contributed by atoms with Crippen molar-refractivity contribution in [2.24, 2.45) is 11.8 Å². The summed E-state index contributed by atoms with van der Waals surface area (Å²) < 4.78 is 0. The fourth-order valence-corrected chi connectivity index (χ4v) is 4.02. The van der Waals surface area contributed by atoms with E-state index in [4.69, 9.17) is 0 Å². The fraction of sp³-hybridized carbons (Fsp3) is 0.350. The van der Waals surface area contributed by atoms with E-state index in [1.807, 2.05) is 24.3 Å². The number of nitro benzene ring substituents is 1. The summed E-state index contributed by atoms with van der Waals surface area (Å²) in [5.41, 5.74) is 2.74. The molecule has 6 nitrogen and oxygen atoms in total. The van der Waals surface area contributed by atoms with Crippen molar-refractivity contribution in [3.63, 3.8) is 0 Å². The molecule has 142 valence electrons. The van der Waals surface area contributed by atoms with Crippen LogP contribution >= 0.6 is 12.4 Å². The van der Waals surface area contributed by atoms with Crippen molar-refractivity contribution in [3.8, 4) is 11.1 Å². The minimum atomic E-state index is -0.406. The lowest BCUT2D eigenvalue weighted by Gasteiger charge is -2.43. The van der Waals surface area contributed by atoms with Crippen molar-refractivity contribution in [2.75, 3.05) is 25.0 Å². The number of benzene rings is 2. The van der Waals surface area contributed by atoms with Crippen LogP contribution < -0.4 is 5.32 Å². The highest BCUT2D eigenvalue weighted by Crippen LogP contribution is 2.33. The third kappa shape index (κ3) is 4.12. The molecule has 3 fully saturated rings. The average molecular weight is 388 g/mol. The van der Waals surface area contributed by atoms with Gasteiger partial charge in [0, 0.05) is 24.4 Å². The molecule has 3 saturated heterocycles. The molecule has 2 aromatic carbocycles. The van der Waals surface area contributed by atoms with Crippen LogP contribution in [0.2, 0.25) is 0 Å². The van der Waals surface area contributed by atoms with Gasteiger partial charge < -0.3 is 10.2 Å². The summed E-state index contributed by atoms with van der Waals surface area (Å²) >= 11 is 0. The number of hydrogen-bond acceptors (Lipinski definition) is 4. The highest BCUT2D eigenvalue weighted by atomic mass is 35.5. The molecule has 27 heavy (non-hydrogen) atoms. The van der Waals surface area contributed by atoms with Gasteiger partial charge in [-0.05, 0) is 67.2 Å². The first-order valence-electron chi connectivity index (χ1n) is 8.98. The Morgan fingerprint density at radius 1 is 1.00 bits per heavy atom. The van der Waals surface area contributed by atoms with Gasteiger partial charge in [0.1, 0.15) is 0 Å². The second-order valence-corrected chi connectivity index (χ2v) is 7.12. The Hall–Kier alpha value is -2.44. The Balaban J connectivity index is 0.00000210. The zero-order chi connectivity index (χ0) is 18.1. The molecule has 1 N–H and O–H groups in total. The number of piperidine rings is 3. The molecule has 1 atom stereocenters. The quantitative estimate of drug-likeness (QED) is 0.636. The fourth-order valence-electron chi connectivity index (χ4n) is 4.02. The lowest BCUT2D eigenvalue weighted by molar-refractivity contribution is -0.384. The first kappa shape index (κ1) is 19.3. The van der Waals surface area contributed by atoms with Crippen molar-refractivity contribution in [3.05, 3.63) is 58.6 Å². The molecule has 1 amide bonds. The number of nitrogens with one attached hydrogen (secondary N) is 1. The van der Waals surface area contributed by atoms with E-state index < -0.39 is 4.92 Å². The van der Waals surface area contributed by atoms with E-state index >= 15 is 0 Å². The van der Waals surface area contributed by atoms with Gasteiger partial charge >= 0.3 is 0 Å². The number of carbonyl (C=O) groups excluding carboxylic acids is 1. The van der Waals surface area contributed by atoms with E-state index in [-0.39, 0.29) is 29.9 Å². The Kier molecular flexibility index (Phi) is 5.77. The summed E-state index contributed by atoms with van der Waals surface area (Å²) in [7, 11) is 0. The average Bonchev–Trinajstić information content (AvgIpc) is 2.69. The van der Waals surface area contributed by atoms with Crippen LogP contribution in [0.15, 0.2) is 48.5 Å². The van der Waals surface area contributed by atoms with Gasteiger partial charge in [0.15, 0.2) is 0 Å². The van der Waals surface area contributed by atoms with Gasteiger partial charge in [-0.1, -0.05) is 12.1 Å². The van der Waals surface area contributed by atoms with Gasteiger partial charge in [-0.25, -0.2) is 0 Å². The summed E-state index contributed by atoms with van der Waals surface area (Å²) in [4.78, 5) is 25.3. The van der Waals surface area contributed by atoms with E-state index in [2.05, 4.69) is 10.2 Å². The minimum Gasteiger partial charge on any atom is -0.326 e. The van der Waals surface area contributed by atoms with Crippen LogP contribution in [0.3, 0.4) is 0 Å². The maximum atomic E-state index is 12.6. The maximum absolute atomic E-state index is 12.6. The number of carbonyl (C=O) groups is 1. The van der Waals surface area contributed by atoms with Gasteiger partial charge in [0.05, 0.1) is 10.8 Å². The van der Waals surface area contributed by atoms with Gasteiger partial charge in [0.25, 0.3) is 5.69 Å². The molecule has 3 aliphatic rings. The van der Waals surface area contributed by atoms with Crippen LogP contribution in [0.4, 0.5) is 11.4 Å². The molecule has 0 aromatic heterocycles. The number of hydrogen-bond donors (Lipinski definition) is 1. The molecular formula is C20H22ClN3O3. The molecule has 3 heterocycles. The van der Waals surface area contributed by atoms with Crippen LogP contribution in [0.1, 0.15) is 12.8 Å². The van der Waals surface area contributed by atoms with Crippen molar-refractivity contribution < 1.29 is 9.72 Å². The predicted molar refractivity (Wildman–Crippen MR) is 107 cm³/mol. The molecule has 0 radical (unpaired) electrons. The first-order valence-corrected chi connectivity index (χ1v) is 8.98. The SMILES string of the molecule is Cl.O=C(Nc1ccc(-c2ccc([N+](=O)[O-])cc2)cc1)[C@H]1CN2CCC1CC2. The zero-order valence-electron chi connectivity index (χ0n) is 14.8. The van der Waals surface area contributed by atoms with E-state index in [9.17, 15) is 14.9 Å². The lowest BCUT2D eigenvalue weighted by Crippen LogP contribution is -2.51. The Morgan fingerprint density at radius 2 is 1.56 bits per heavy atom. The monoisotopic (exact) mass is 387 g/mol. The third-order valence-electron chi connectivity index (χ3n) is 5.56. The maximum Gasteiger partial charge on any atom is 0.269 e. The highest BCUT2D eigenvalue weighted by molar-refractivity contribution is 5.93. The van der Waals surface area contributed by atoms with Crippen molar-refractivity contribution in [2.45, 2.75) is 12.8 Å².